The average Bonchev–Trinajstić information content (AvgIpc) is 2.09. The second-order valence-electron chi connectivity index (χ2n) is 3.59. The van der Waals surface area contributed by atoms with Crippen molar-refractivity contribution < 1.29 is 0 Å². The molecule has 0 atom stereocenters. The van der Waals surface area contributed by atoms with Gasteiger partial charge in [0.2, 0.25) is 0 Å². The highest BCUT2D eigenvalue weighted by atomic mass is 35.5. The van der Waals surface area contributed by atoms with Crippen LogP contribution in [0.25, 0.3) is 0 Å². The van der Waals surface area contributed by atoms with E-state index in [0.717, 1.165) is 17.3 Å². The number of hydrogen-bond donors (Lipinski definition) is 1. The Bertz CT molecular complexity index is 310. The van der Waals surface area contributed by atoms with Crippen molar-refractivity contribution in [2.45, 2.75) is 26.8 Å². The van der Waals surface area contributed by atoms with Crippen LogP contribution in [0.1, 0.15) is 20.8 Å². The van der Waals surface area contributed by atoms with E-state index in [1.807, 2.05) is 12.1 Å². The number of rotatable bonds is 3. The maximum absolute atomic E-state index is 6.13. The molecular formula is C11H17ClN2. The Morgan fingerprint density at radius 3 is 2.50 bits per heavy atom. The SMILES string of the molecule is CCN(c1ccc(N)cc1Cl)C(C)C. The molecule has 0 aliphatic heterocycles. The highest BCUT2D eigenvalue weighted by molar-refractivity contribution is 6.33. The molecule has 14 heavy (non-hydrogen) atoms. The molecule has 1 aromatic rings. The van der Waals surface area contributed by atoms with Crippen molar-refractivity contribution >= 4 is 23.0 Å². The minimum absolute atomic E-state index is 0.445. The van der Waals surface area contributed by atoms with Gasteiger partial charge >= 0.3 is 0 Å². The normalized spacial score (nSPS) is 10.6. The number of anilines is 2. The molecule has 78 valence electrons. The van der Waals surface area contributed by atoms with E-state index in [9.17, 15) is 0 Å². The Morgan fingerprint density at radius 1 is 1.43 bits per heavy atom. The zero-order valence-corrected chi connectivity index (χ0v) is 9.67. The van der Waals surface area contributed by atoms with Gasteiger partial charge in [0, 0.05) is 18.3 Å². The number of benzene rings is 1. The third-order valence-corrected chi connectivity index (χ3v) is 2.55. The van der Waals surface area contributed by atoms with Gasteiger partial charge in [-0.15, -0.1) is 0 Å². The van der Waals surface area contributed by atoms with Crippen LogP contribution in [0, 0.1) is 0 Å². The summed E-state index contributed by atoms with van der Waals surface area (Å²) in [6, 6.07) is 6.09. The molecule has 0 bridgehead atoms. The van der Waals surface area contributed by atoms with Gasteiger partial charge in [0.25, 0.3) is 0 Å². The van der Waals surface area contributed by atoms with E-state index in [0.29, 0.717) is 11.7 Å². The molecule has 1 rings (SSSR count). The Hall–Kier alpha value is -0.890. The minimum Gasteiger partial charge on any atom is -0.399 e. The molecule has 0 fully saturated rings. The number of nitrogens with two attached hydrogens (primary N) is 1. The summed E-state index contributed by atoms with van der Waals surface area (Å²) in [6.07, 6.45) is 0. The van der Waals surface area contributed by atoms with E-state index in [2.05, 4.69) is 25.7 Å². The fraction of sp³-hybridized carbons (Fsp3) is 0.455. The van der Waals surface area contributed by atoms with Crippen LogP contribution in [-0.2, 0) is 0 Å². The van der Waals surface area contributed by atoms with Gasteiger partial charge in [-0.1, -0.05) is 11.6 Å². The molecule has 0 unspecified atom stereocenters. The number of halogens is 1. The molecule has 0 radical (unpaired) electrons. The summed E-state index contributed by atoms with van der Waals surface area (Å²) >= 11 is 6.13. The topological polar surface area (TPSA) is 29.3 Å². The number of hydrogen-bond acceptors (Lipinski definition) is 2. The van der Waals surface area contributed by atoms with Crippen LogP contribution in [-0.4, -0.2) is 12.6 Å². The summed E-state index contributed by atoms with van der Waals surface area (Å²) in [7, 11) is 0. The van der Waals surface area contributed by atoms with Crippen molar-refractivity contribution in [3.8, 4) is 0 Å². The van der Waals surface area contributed by atoms with Gasteiger partial charge in [-0.05, 0) is 39.0 Å². The Labute approximate surface area is 90.7 Å². The Morgan fingerprint density at radius 2 is 2.07 bits per heavy atom. The zero-order chi connectivity index (χ0) is 10.7. The van der Waals surface area contributed by atoms with Crippen LogP contribution in [0.2, 0.25) is 5.02 Å². The quantitative estimate of drug-likeness (QED) is 0.780. The minimum atomic E-state index is 0.445. The summed E-state index contributed by atoms with van der Waals surface area (Å²) in [5, 5.41) is 0.723. The molecule has 3 heteroatoms. The lowest BCUT2D eigenvalue weighted by Gasteiger charge is -2.28. The second-order valence-corrected chi connectivity index (χ2v) is 4.00. The standard InChI is InChI=1S/C11H17ClN2/c1-4-14(8(2)3)11-6-5-9(13)7-10(11)12/h5-8H,4,13H2,1-3H3. The maximum Gasteiger partial charge on any atom is 0.0660 e. The highest BCUT2D eigenvalue weighted by Crippen LogP contribution is 2.28. The lowest BCUT2D eigenvalue weighted by molar-refractivity contribution is 0.704. The van der Waals surface area contributed by atoms with E-state index in [-0.39, 0.29) is 0 Å². The first kappa shape index (κ1) is 11.2. The monoisotopic (exact) mass is 212 g/mol. The molecule has 0 heterocycles. The van der Waals surface area contributed by atoms with Gasteiger partial charge in [0.05, 0.1) is 10.7 Å². The smallest absolute Gasteiger partial charge is 0.0660 e. The summed E-state index contributed by atoms with van der Waals surface area (Å²) in [5.41, 5.74) is 7.40. The molecule has 0 saturated carbocycles. The lowest BCUT2D eigenvalue weighted by Crippen LogP contribution is -2.30. The highest BCUT2D eigenvalue weighted by Gasteiger charge is 2.11. The summed E-state index contributed by atoms with van der Waals surface area (Å²) in [5.74, 6) is 0. The van der Waals surface area contributed by atoms with Crippen LogP contribution in [0.3, 0.4) is 0 Å². The largest absolute Gasteiger partial charge is 0.399 e. The number of nitrogen functional groups attached to an aromatic ring is 1. The van der Waals surface area contributed by atoms with Gasteiger partial charge in [-0.3, -0.25) is 0 Å². The van der Waals surface area contributed by atoms with Crippen molar-refractivity contribution in [1.29, 1.82) is 0 Å². The van der Waals surface area contributed by atoms with Crippen LogP contribution < -0.4 is 10.6 Å². The average molecular weight is 213 g/mol. The Kier molecular flexibility index (Phi) is 3.64. The summed E-state index contributed by atoms with van der Waals surface area (Å²) in [6.45, 7) is 7.36. The predicted molar refractivity (Wildman–Crippen MR) is 64.0 cm³/mol. The van der Waals surface area contributed by atoms with Crippen LogP contribution in [0.5, 0.6) is 0 Å². The second kappa shape index (κ2) is 4.56. The molecule has 0 aliphatic rings. The first-order valence-corrected chi connectivity index (χ1v) is 5.25. The van der Waals surface area contributed by atoms with Crippen molar-refractivity contribution in [2.75, 3.05) is 17.2 Å². The number of nitrogens with zero attached hydrogens (tertiary/aromatic N) is 1. The third kappa shape index (κ3) is 2.32. The maximum atomic E-state index is 6.13. The first-order chi connectivity index (χ1) is 6.56. The van der Waals surface area contributed by atoms with Gasteiger partial charge in [-0.2, -0.15) is 0 Å². The molecular weight excluding hydrogens is 196 g/mol. The fourth-order valence-corrected chi connectivity index (χ4v) is 1.87. The van der Waals surface area contributed by atoms with Crippen LogP contribution >= 0.6 is 11.6 Å². The van der Waals surface area contributed by atoms with Gasteiger partial charge in [-0.25, -0.2) is 0 Å². The van der Waals surface area contributed by atoms with Crippen LogP contribution in [0.4, 0.5) is 11.4 Å². The molecule has 0 aromatic heterocycles. The molecule has 0 saturated heterocycles. The van der Waals surface area contributed by atoms with Gasteiger partial charge in [0.1, 0.15) is 0 Å². The van der Waals surface area contributed by atoms with Crippen molar-refractivity contribution in [3.63, 3.8) is 0 Å². The van der Waals surface area contributed by atoms with E-state index < -0.39 is 0 Å². The van der Waals surface area contributed by atoms with E-state index in [1.54, 1.807) is 6.07 Å². The van der Waals surface area contributed by atoms with E-state index in [1.165, 1.54) is 0 Å². The van der Waals surface area contributed by atoms with E-state index >= 15 is 0 Å². The molecule has 1 aromatic carbocycles. The molecule has 2 N–H and O–H groups in total. The summed E-state index contributed by atoms with van der Waals surface area (Å²) in [4.78, 5) is 2.24. The molecule has 0 amide bonds. The van der Waals surface area contributed by atoms with Crippen molar-refractivity contribution in [2.24, 2.45) is 0 Å². The molecule has 2 nitrogen and oxygen atoms in total. The van der Waals surface area contributed by atoms with Crippen molar-refractivity contribution in [1.82, 2.24) is 0 Å². The Balaban J connectivity index is 3.04. The van der Waals surface area contributed by atoms with Crippen LogP contribution in [0.15, 0.2) is 18.2 Å². The lowest BCUT2D eigenvalue weighted by atomic mass is 10.2. The molecule has 0 spiro atoms. The van der Waals surface area contributed by atoms with Gasteiger partial charge < -0.3 is 10.6 Å². The zero-order valence-electron chi connectivity index (χ0n) is 8.92. The fourth-order valence-electron chi connectivity index (χ4n) is 1.57. The van der Waals surface area contributed by atoms with Crippen molar-refractivity contribution in [3.05, 3.63) is 23.2 Å². The first-order valence-electron chi connectivity index (χ1n) is 4.88. The summed E-state index contributed by atoms with van der Waals surface area (Å²) < 4.78 is 0. The molecule has 0 aliphatic carbocycles. The van der Waals surface area contributed by atoms with E-state index in [4.69, 9.17) is 17.3 Å². The predicted octanol–water partition coefficient (Wildman–Crippen LogP) is 3.16. The van der Waals surface area contributed by atoms with Gasteiger partial charge in [0.15, 0.2) is 0 Å². The third-order valence-electron chi connectivity index (χ3n) is 2.25.